The summed E-state index contributed by atoms with van der Waals surface area (Å²) in [6, 6.07) is 10.1. The Hall–Kier alpha value is -2.64. The van der Waals surface area contributed by atoms with E-state index in [1.54, 1.807) is 36.4 Å². The van der Waals surface area contributed by atoms with Crippen molar-refractivity contribution in [1.82, 2.24) is 5.16 Å². The molecule has 3 N–H and O–H groups in total. The maximum atomic E-state index is 12.3. The van der Waals surface area contributed by atoms with Crippen LogP contribution in [0, 0.1) is 0 Å². The summed E-state index contributed by atoms with van der Waals surface area (Å²) in [6.07, 6.45) is 0. The third-order valence-electron chi connectivity index (χ3n) is 3.04. The number of halogens is 1. The average Bonchev–Trinajstić information content (AvgIpc) is 3.16. The number of hydrogen-bond donors (Lipinski definition) is 2. The molecule has 1 aromatic carbocycles. The molecule has 0 aliphatic rings. The Balaban J connectivity index is 1.97. The molecule has 0 atom stereocenters. The first-order valence-electron chi connectivity index (χ1n) is 6.47. The van der Waals surface area contributed by atoms with Gasteiger partial charge in [0.05, 0.1) is 15.5 Å². The standard InChI is InChI=1S/C15H10ClN3O3S/c16-9-5-2-1-4-8(9)14(21)18-15-11(13(17)20)12(19-22-15)10-6-3-7-23-10/h1-7H,(H2,17,20)(H,18,21). The highest BCUT2D eigenvalue weighted by Gasteiger charge is 2.25. The molecule has 8 heteroatoms. The summed E-state index contributed by atoms with van der Waals surface area (Å²) in [6.45, 7) is 0. The van der Waals surface area contributed by atoms with Gasteiger partial charge >= 0.3 is 0 Å². The molecule has 0 fully saturated rings. The molecule has 2 amide bonds. The molecule has 0 aliphatic carbocycles. The fourth-order valence-corrected chi connectivity index (χ4v) is 2.93. The van der Waals surface area contributed by atoms with Crippen molar-refractivity contribution in [2.75, 3.05) is 5.32 Å². The summed E-state index contributed by atoms with van der Waals surface area (Å²) in [5, 5.41) is 8.43. The fraction of sp³-hybridized carbons (Fsp3) is 0. The van der Waals surface area contributed by atoms with Crippen LogP contribution in [0.3, 0.4) is 0 Å². The molecule has 0 aliphatic heterocycles. The number of amides is 2. The zero-order chi connectivity index (χ0) is 16.4. The van der Waals surface area contributed by atoms with Crippen LogP contribution < -0.4 is 11.1 Å². The van der Waals surface area contributed by atoms with Crippen LogP contribution in [0.5, 0.6) is 0 Å². The van der Waals surface area contributed by atoms with Crippen LogP contribution in [0.15, 0.2) is 46.3 Å². The van der Waals surface area contributed by atoms with Gasteiger partial charge < -0.3 is 10.3 Å². The van der Waals surface area contributed by atoms with Crippen molar-refractivity contribution in [2.24, 2.45) is 5.73 Å². The summed E-state index contributed by atoms with van der Waals surface area (Å²) in [7, 11) is 0. The number of rotatable bonds is 4. The molecule has 2 aromatic heterocycles. The molecule has 116 valence electrons. The summed E-state index contributed by atoms with van der Waals surface area (Å²) >= 11 is 7.35. The van der Waals surface area contributed by atoms with Gasteiger partial charge in [-0.05, 0) is 23.6 Å². The molecular weight excluding hydrogens is 338 g/mol. The van der Waals surface area contributed by atoms with Crippen LogP contribution in [-0.2, 0) is 0 Å². The lowest BCUT2D eigenvalue weighted by atomic mass is 10.1. The van der Waals surface area contributed by atoms with Gasteiger partial charge in [-0.25, -0.2) is 0 Å². The second-order valence-corrected chi connectivity index (χ2v) is 5.87. The van der Waals surface area contributed by atoms with E-state index in [0.717, 1.165) is 0 Å². The van der Waals surface area contributed by atoms with Crippen LogP contribution in [0.1, 0.15) is 20.7 Å². The molecule has 0 spiro atoms. The average molecular weight is 348 g/mol. The number of nitrogens with two attached hydrogens (primary N) is 1. The van der Waals surface area contributed by atoms with Crippen LogP contribution in [-0.4, -0.2) is 17.0 Å². The predicted molar refractivity (Wildman–Crippen MR) is 87.7 cm³/mol. The quantitative estimate of drug-likeness (QED) is 0.755. The molecule has 0 unspecified atom stereocenters. The summed E-state index contributed by atoms with van der Waals surface area (Å²) in [4.78, 5) is 24.7. The third kappa shape index (κ3) is 2.96. The van der Waals surface area contributed by atoms with E-state index in [4.69, 9.17) is 21.9 Å². The number of nitrogens with zero attached hydrogens (tertiary/aromatic N) is 1. The molecular formula is C15H10ClN3O3S. The van der Waals surface area contributed by atoms with E-state index in [2.05, 4.69) is 10.5 Å². The molecule has 3 aromatic rings. The molecule has 0 saturated carbocycles. The Bertz CT molecular complexity index is 874. The van der Waals surface area contributed by atoms with Crippen LogP contribution >= 0.6 is 22.9 Å². The summed E-state index contributed by atoms with van der Waals surface area (Å²) in [5.41, 5.74) is 5.96. The van der Waals surface area contributed by atoms with Gasteiger partial charge in [-0.15, -0.1) is 11.3 Å². The lowest BCUT2D eigenvalue weighted by Gasteiger charge is -2.04. The highest BCUT2D eigenvalue weighted by molar-refractivity contribution is 7.13. The molecule has 0 bridgehead atoms. The van der Waals surface area contributed by atoms with E-state index in [1.165, 1.54) is 11.3 Å². The van der Waals surface area contributed by atoms with E-state index in [1.807, 2.05) is 5.38 Å². The third-order valence-corrected chi connectivity index (χ3v) is 4.24. The highest BCUT2D eigenvalue weighted by atomic mass is 35.5. The summed E-state index contributed by atoms with van der Waals surface area (Å²) < 4.78 is 5.09. The van der Waals surface area contributed by atoms with Gasteiger partial charge in [0.2, 0.25) is 5.88 Å². The zero-order valence-corrected chi connectivity index (χ0v) is 13.1. The number of carbonyl (C=O) groups is 2. The minimum absolute atomic E-state index is 0.0212. The second kappa shape index (κ2) is 6.23. The molecule has 3 rings (SSSR count). The fourth-order valence-electron chi connectivity index (χ4n) is 2.00. The number of thiophene rings is 1. The molecule has 0 radical (unpaired) electrons. The van der Waals surface area contributed by atoms with Gasteiger partial charge in [0, 0.05) is 0 Å². The minimum atomic E-state index is -0.746. The number of benzene rings is 1. The van der Waals surface area contributed by atoms with Gasteiger partial charge in [0.15, 0.2) is 0 Å². The number of aromatic nitrogens is 1. The van der Waals surface area contributed by atoms with Crippen LogP contribution in [0.2, 0.25) is 5.02 Å². The van der Waals surface area contributed by atoms with E-state index in [-0.39, 0.29) is 22.0 Å². The number of nitrogens with one attached hydrogen (secondary N) is 1. The van der Waals surface area contributed by atoms with Gasteiger partial charge in [0.25, 0.3) is 11.8 Å². The van der Waals surface area contributed by atoms with Gasteiger partial charge in [-0.1, -0.05) is 35.0 Å². The van der Waals surface area contributed by atoms with Crippen molar-refractivity contribution in [3.63, 3.8) is 0 Å². The van der Waals surface area contributed by atoms with Crippen molar-refractivity contribution < 1.29 is 14.1 Å². The van der Waals surface area contributed by atoms with Crippen molar-refractivity contribution in [3.8, 4) is 10.6 Å². The van der Waals surface area contributed by atoms with Gasteiger partial charge in [-0.2, -0.15) is 0 Å². The smallest absolute Gasteiger partial charge is 0.259 e. The predicted octanol–water partition coefficient (Wildman–Crippen LogP) is 3.41. The Labute approximate surface area is 139 Å². The Morgan fingerprint density at radius 2 is 2.00 bits per heavy atom. The highest BCUT2D eigenvalue weighted by Crippen LogP contribution is 2.32. The normalized spacial score (nSPS) is 10.5. The lowest BCUT2D eigenvalue weighted by molar-refractivity contribution is 0.100. The van der Waals surface area contributed by atoms with Gasteiger partial charge in [0.1, 0.15) is 11.3 Å². The molecule has 23 heavy (non-hydrogen) atoms. The lowest BCUT2D eigenvalue weighted by Crippen LogP contribution is -2.17. The van der Waals surface area contributed by atoms with E-state index < -0.39 is 11.8 Å². The number of anilines is 1. The maximum Gasteiger partial charge on any atom is 0.259 e. The SMILES string of the molecule is NC(=O)c1c(-c2cccs2)noc1NC(=O)c1ccccc1Cl. The number of primary amides is 1. The number of hydrogen-bond acceptors (Lipinski definition) is 5. The monoisotopic (exact) mass is 347 g/mol. The van der Waals surface area contributed by atoms with Crippen LogP contribution in [0.25, 0.3) is 10.6 Å². The maximum absolute atomic E-state index is 12.3. The van der Waals surface area contributed by atoms with Crippen molar-refractivity contribution in [1.29, 1.82) is 0 Å². The second-order valence-electron chi connectivity index (χ2n) is 4.51. The molecule has 2 heterocycles. The Kier molecular flexibility index (Phi) is 4.14. The van der Waals surface area contributed by atoms with Gasteiger partial charge in [-0.3, -0.25) is 14.9 Å². The summed E-state index contributed by atoms with van der Waals surface area (Å²) in [5.74, 6) is -1.37. The first-order chi connectivity index (χ1) is 11.1. The van der Waals surface area contributed by atoms with Crippen LogP contribution in [0.4, 0.5) is 5.88 Å². The van der Waals surface area contributed by atoms with Crippen molar-refractivity contribution in [2.45, 2.75) is 0 Å². The van der Waals surface area contributed by atoms with Crippen molar-refractivity contribution in [3.05, 3.63) is 57.9 Å². The first kappa shape index (κ1) is 15.3. The molecule has 6 nitrogen and oxygen atoms in total. The van der Waals surface area contributed by atoms with E-state index >= 15 is 0 Å². The number of carbonyl (C=O) groups excluding carboxylic acids is 2. The Morgan fingerprint density at radius 3 is 2.65 bits per heavy atom. The zero-order valence-electron chi connectivity index (χ0n) is 11.6. The molecule has 0 saturated heterocycles. The van der Waals surface area contributed by atoms with Crippen molar-refractivity contribution >= 4 is 40.6 Å². The Morgan fingerprint density at radius 1 is 1.22 bits per heavy atom. The first-order valence-corrected chi connectivity index (χ1v) is 7.73. The topological polar surface area (TPSA) is 98.2 Å². The van der Waals surface area contributed by atoms with E-state index in [0.29, 0.717) is 10.6 Å². The van der Waals surface area contributed by atoms with E-state index in [9.17, 15) is 9.59 Å². The minimum Gasteiger partial charge on any atom is -0.365 e. The largest absolute Gasteiger partial charge is 0.365 e.